The average Bonchev–Trinajstić information content (AvgIpc) is 2.54. The second-order valence-electron chi connectivity index (χ2n) is 4.33. The molecule has 18 heavy (non-hydrogen) atoms. The van der Waals surface area contributed by atoms with Gasteiger partial charge in [-0.3, -0.25) is 0 Å². The van der Waals surface area contributed by atoms with Crippen LogP contribution >= 0.6 is 11.6 Å². The lowest BCUT2D eigenvalue weighted by Gasteiger charge is -2.26. The smallest absolute Gasteiger partial charge is 0.329 e. The van der Waals surface area contributed by atoms with E-state index in [0.29, 0.717) is 16.1 Å². The lowest BCUT2D eigenvalue weighted by atomic mass is 10.0. The lowest BCUT2D eigenvalue weighted by molar-refractivity contribution is -0.186. The highest BCUT2D eigenvalue weighted by molar-refractivity contribution is 6.31. The van der Waals surface area contributed by atoms with Gasteiger partial charge in [0.25, 0.3) is 0 Å². The summed E-state index contributed by atoms with van der Waals surface area (Å²) in [5.41, 5.74) is 3.81. The summed E-state index contributed by atoms with van der Waals surface area (Å²) >= 11 is 5.78. The Morgan fingerprint density at radius 3 is 2.50 bits per heavy atom. The van der Waals surface area contributed by atoms with Crippen molar-refractivity contribution in [3.63, 3.8) is 0 Å². The van der Waals surface area contributed by atoms with Crippen LogP contribution in [-0.2, 0) is 12.6 Å². The summed E-state index contributed by atoms with van der Waals surface area (Å²) < 4.78 is 40.0. The highest BCUT2D eigenvalue weighted by Crippen LogP contribution is 2.36. The Hall–Kier alpha value is -1.27. The maximum atomic E-state index is 12.9. The number of aryl methyl sites for hydroxylation is 1. The fourth-order valence-corrected chi connectivity index (χ4v) is 1.93. The van der Waals surface area contributed by atoms with E-state index in [4.69, 9.17) is 17.3 Å². The van der Waals surface area contributed by atoms with Crippen LogP contribution in [0.25, 0.3) is 11.0 Å². The Bertz CT molecular complexity index is 601. The molecule has 1 aromatic carbocycles. The van der Waals surface area contributed by atoms with Crippen LogP contribution in [-0.4, -0.2) is 15.7 Å². The molecule has 3 nitrogen and oxygen atoms in total. The van der Waals surface area contributed by atoms with Crippen LogP contribution in [0, 0.1) is 0 Å². The van der Waals surface area contributed by atoms with Gasteiger partial charge < -0.3 is 10.3 Å². The molecule has 0 radical (unpaired) electrons. The van der Waals surface area contributed by atoms with Crippen molar-refractivity contribution < 1.29 is 13.2 Å². The van der Waals surface area contributed by atoms with E-state index in [0.717, 1.165) is 6.92 Å². The molecule has 2 aromatic rings. The zero-order chi connectivity index (χ0) is 13.7. The zero-order valence-corrected chi connectivity index (χ0v) is 10.5. The van der Waals surface area contributed by atoms with Crippen molar-refractivity contribution >= 4 is 22.6 Å². The first-order chi connectivity index (χ1) is 8.14. The summed E-state index contributed by atoms with van der Waals surface area (Å²) in [6.45, 7) is 0.899. The average molecular weight is 278 g/mol. The van der Waals surface area contributed by atoms with E-state index in [-0.39, 0.29) is 5.82 Å². The largest absolute Gasteiger partial charge is 0.413 e. The number of hydrogen-bond donors (Lipinski definition) is 1. The zero-order valence-electron chi connectivity index (χ0n) is 9.72. The lowest BCUT2D eigenvalue weighted by Crippen LogP contribution is -2.49. The second kappa shape index (κ2) is 3.86. The first kappa shape index (κ1) is 13.2. The Morgan fingerprint density at radius 1 is 1.33 bits per heavy atom. The second-order valence-corrected chi connectivity index (χ2v) is 4.76. The minimum absolute atomic E-state index is 0.243. The number of alkyl halides is 3. The molecule has 0 aliphatic heterocycles. The number of rotatable bonds is 1. The van der Waals surface area contributed by atoms with Crippen LogP contribution in [0.2, 0.25) is 5.02 Å². The van der Waals surface area contributed by atoms with Crippen LogP contribution in [0.1, 0.15) is 12.7 Å². The number of fused-ring (bicyclic) bond motifs is 1. The van der Waals surface area contributed by atoms with Crippen LogP contribution in [0.4, 0.5) is 13.2 Å². The van der Waals surface area contributed by atoms with Crippen LogP contribution in [0.3, 0.4) is 0 Å². The molecule has 2 rings (SSSR count). The third-order valence-corrected chi connectivity index (χ3v) is 3.13. The molecule has 0 amide bonds. The third-order valence-electron chi connectivity index (χ3n) is 2.90. The summed E-state index contributed by atoms with van der Waals surface area (Å²) in [4.78, 5) is 3.94. The van der Waals surface area contributed by atoms with E-state index >= 15 is 0 Å². The van der Waals surface area contributed by atoms with E-state index in [1.54, 1.807) is 12.1 Å². The standard InChI is InChI=1S/C11H11ClF3N3/c1-10(16,11(13,14)15)9-17-7-5-6(12)3-4-8(7)18(9)2/h3-5H,16H2,1-2H3. The quantitative estimate of drug-likeness (QED) is 0.871. The third kappa shape index (κ3) is 1.85. The van der Waals surface area contributed by atoms with Crippen molar-refractivity contribution in [3.05, 3.63) is 29.0 Å². The monoisotopic (exact) mass is 277 g/mol. The van der Waals surface area contributed by atoms with Gasteiger partial charge in [-0.15, -0.1) is 0 Å². The maximum Gasteiger partial charge on any atom is 0.413 e. The summed E-state index contributed by atoms with van der Waals surface area (Å²) in [7, 11) is 1.50. The fourth-order valence-electron chi connectivity index (χ4n) is 1.76. The number of nitrogens with two attached hydrogens (primary N) is 1. The molecule has 1 heterocycles. The summed E-state index contributed by atoms with van der Waals surface area (Å²) in [5.74, 6) is -0.243. The molecule has 0 saturated carbocycles. The first-order valence-corrected chi connectivity index (χ1v) is 5.50. The van der Waals surface area contributed by atoms with Gasteiger partial charge in [0.05, 0.1) is 11.0 Å². The van der Waals surface area contributed by atoms with Gasteiger partial charge in [-0.2, -0.15) is 13.2 Å². The van der Waals surface area contributed by atoms with E-state index in [9.17, 15) is 13.2 Å². The molecule has 0 spiro atoms. The topological polar surface area (TPSA) is 43.8 Å². The Labute approximate surface area is 106 Å². The molecule has 1 atom stereocenters. The van der Waals surface area contributed by atoms with E-state index < -0.39 is 11.7 Å². The number of hydrogen-bond acceptors (Lipinski definition) is 2. The number of imidazole rings is 1. The van der Waals surface area contributed by atoms with Crippen LogP contribution in [0.15, 0.2) is 18.2 Å². The van der Waals surface area contributed by atoms with E-state index in [1.807, 2.05) is 0 Å². The highest BCUT2D eigenvalue weighted by Gasteiger charge is 2.52. The SMILES string of the molecule is Cn1c(C(C)(N)C(F)(F)F)nc2cc(Cl)ccc21. The summed E-state index contributed by atoms with van der Waals surface area (Å²) in [6, 6.07) is 4.71. The van der Waals surface area contributed by atoms with Crippen molar-refractivity contribution in [2.45, 2.75) is 18.6 Å². The molecule has 0 saturated heterocycles. The molecule has 98 valence electrons. The van der Waals surface area contributed by atoms with Gasteiger partial charge in [0, 0.05) is 12.1 Å². The predicted octanol–water partition coefficient (Wildman–Crippen LogP) is 2.96. The van der Waals surface area contributed by atoms with Crippen molar-refractivity contribution in [3.8, 4) is 0 Å². The van der Waals surface area contributed by atoms with Gasteiger partial charge in [0.1, 0.15) is 5.82 Å². The van der Waals surface area contributed by atoms with E-state index in [2.05, 4.69) is 4.98 Å². The van der Waals surface area contributed by atoms with Crippen LogP contribution < -0.4 is 5.73 Å². The van der Waals surface area contributed by atoms with Crippen molar-refractivity contribution in [2.24, 2.45) is 12.8 Å². The highest BCUT2D eigenvalue weighted by atomic mass is 35.5. The van der Waals surface area contributed by atoms with Gasteiger partial charge in [0.2, 0.25) is 0 Å². The molecular formula is C11H11ClF3N3. The molecule has 0 aliphatic rings. The number of halogens is 4. The van der Waals surface area contributed by atoms with Gasteiger partial charge in [-0.05, 0) is 25.1 Å². The minimum atomic E-state index is -4.58. The van der Waals surface area contributed by atoms with Crippen molar-refractivity contribution in [1.29, 1.82) is 0 Å². The van der Waals surface area contributed by atoms with Crippen molar-refractivity contribution in [1.82, 2.24) is 9.55 Å². The van der Waals surface area contributed by atoms with Gasteiger partial charge >= 0.3 is 6.18 Å². The molecule has 7 heteroatoms. The predicted molar refractivity (Wildman–Crippen MR) is 63.3 cm³/mol. The molecule has 0 aliphatic carbocycles. The van der Waals surface area contributed by atoms with Gasteiger partial charge in [-0.1, -0.05) is 11.6 Å². The Balaban J connectivity index is 2.70. The molecule has 0 bridgehead atoms. The van der Waals surface area contributed by atoms with E-state index in [1.165, 1.54) is 17.7 Å². The summed E-state index contributed by atoms with van der Waals surface area (Å²) in [5, 5.41) is 0.415. The van der Waals surface area contributed by atoms with Crippen molar-refractivity contribution in [2.75, 3.05) is 0 Å². The molecule has 2 N–H and O–H groups in total. The molecule has 1 unspecified atom stereocenters. The van der Waals surface area contributed by atoms with Gasteiger partial charge in [0.15, 0.2) is 5.54 Å². The molecule has 0 fully saturated rings. The maximum absolute atomic E-state index is 12.9. The minimum Gasteiger partial charge on any atom is -0.329 e. The Morgan fingerprint density at radius 2 is 1.94 bits per heavy atom. The fraction of sp³-hybridized carbons (Fsp3) is 0.364. The van der Waals surface area contributed by atoms with Gasteiger partial charge in [-0.25, -0.2) is 4.98 Å². The Kier molecular flexibility index (Phi) is 2.82. The normalized spacial score (nSPS) is 15.9. The van der Waals surface area contributed by atoms with Crippen LogP contribution in [0.5, 0.6) is 0 Å². The first-order valence-electron chi connectivity index (χ1n) is 5.12. The number of aromatic nitrogens is 2. The number of nitrogens with zero attached hydrogens (tertiary/aromatic N) is 2. The summed E-state index contributed by atoms with van der Waals surface area (Å²) in [6.07, 6.45) is -4.58. The molecular weight excluding hydrogens is 267 g/mol. The molecule has 1 aromatic heterocycles. The number of benzene rings is 1.